The molecule has 1 amide bonds. The molecule has 0 aliphatic carbocycles. The van der Waals surface area contributed by atoms with Gasteiger partial charge in [-0.25, -0.2) is 4.99 Å². The van der Waals surface area contributed by atoms with E-state index in [1.165, 1.54) is 18.3 Å². The average molecular weight is 277 g/mol. The SMILES string of the molecule is CCCCC(=O)N=CC(Cc1ccc(O)cc1)C(=O)O. The lowest BCUT2D eigenvalue weighted by atomic mass is 10.0. The zero-order chi connectivity index (χ0) is 15.0. The van der Waals surface area contributed by atoms with Gasteiger partial charge in [-0.1, -0.05) is 25.5 Å². The average Bonchev–Trinajstić information content (AvgIpc) is 2.42. The highest BCUT2D eigenvalue weighted by molar-refractivity contribution is 5.94. The first kappa shape index (κ1) is 15.9. The summed E-state index contributed by atoms with van der Waals surface area (Å²) < 4.78 is 0. The standard InChI is InChI=1S/C15H19NO4/c1-2-3-4-14(18)16-10-12(15(19)20)9-11-5-7-13(17)8-6-11/h5-8,10,12,17H,2-4,9H2,1H3,(H,19,20). The Balaban J connectivity index is 2.65. The second-order valence-electron chi connectivity index (χ2n) is 4.59. The van der Waals surface area contributed by atoms with Crippen LogP contribution in [-0.4, -0.2) is 28.3 Å². The summed E-state index contributed by atoms with van der Waals surface area (Å²) in [6, 6.07) is 6.30. The summed E-state index contributed by atoms with van der Waals surface area (Å²) in [6.45, 7) is 1.97. The number of phenolic OH excluding ortho intramolecular Hbond substituents is 1. The van der Waals surface area contributed by atoms with Crippen LogP contribution in [0.3, 0.4) is 0 Å². The topological polar surface area (TPSA) is 87.0 Å². The lowest BCUT2D eigenvalue weighted by Gasteiger charge is -2.07. The summed E-state index contributed by atoms with van der Waals surface area (Å²) in [5.41, 5.74) is 0.766. The van der Waals surface area contributed by atoms with Crippen molar-refractivity contribution in [1.82, 2.24) is 0 Å². The van der Waals surface area contributed by atoms with Gasteiger partial charge >= 0.3 is 5.97 Å². The van der Waals surface area contributed by atoms with Crippen molar-refractivity contribution in [3.63, 3.8) is 0 Å². The van der Waals surface area contributed by atoms with Gasteiger partial charge in [0.1, 0.15) is 5.75 Å². The summed E-state index contributed by atoms with van der Waals surface area (Å²) in [5.74, 6) is -2.02. The number of aromatic hydroxyl groups is 1. The fourth-order valence-corrected chi connectivity index (χ4v) is 1.66. The zero-order valence-corrected chi connectivity index (χ0v) is 11.5. The Hall–Kier alpha value is -2.17. The van der Waals surface area contributed by atoms with Gasteiger partial charge in [0.25, 0.3) is 0 Å². The Morgan fingerprint density at radius 3 is 2.50 bits per heavy atom. The van der Waals surface area contributed by atoms with Crippen molar-refractivity contribution in [1.29, 1.82) is 0 Å². The Bertz CT molecular complexity index is 479. The monoisotopic (exact) mass is 277 g/mol. The maximum Gasteiger partial charge on any atom is 0.312 e. The van der Waals surface area contributed by atoms with Crippen LogP contribution in [0.5, 0.6) is 5.75 Å². The number of unbranched alkanes of at least 4 members (excludes halogenated alkanes) is 1. The smallest absolute Gasteiger partial charge is 0.312 e. The third-order valence-electron chi connectivity index (χ3n) is 2.85. The summed E-state index contributed by atoms with van der Waals surface area (Å²) >= 11 is 0. The number of hydrogen-bond donors (Lipinski definition) is 2. The number of amides is 1. The molecule has 0 aliphatic rings. The molecule has 0 fully saturated rings. The van der Waals surface area contributed by atoms with Crippen molar-refractivity contribution in [3.05, 3.63) is 29.8 Å². The second-order valence-corrected chi connectivity index (χ2v) is 4.59. The Morgan fingerprint density at radius 2 is 1.95 bits per heavy atom. The van der Waals surface area contributed by atoms with Crippen molar-refractivity contribution in [2.75, 3.05) is 0 Å². The Kier molecular flexibility index (Phi) is 6.43. The van der Waals surface area contributed by atoms with E-state index in [9.17, 15) is 14.7 Å². The van der Waals surface area contributed by atoms with Gasteiger partial charge in [-0.05, 0) is 30.5 Å². The molecule has 108 valence electrons. The molecule has 2 N–H and O–H groups in total. The quantitative estimate of drug-likeness (QED) is 0.749. The summed E-state index contributed by atoms with van der Waals surface area (Å²) in [4.78, 5) is 26.3. The Labute approximate surface area is 118 Å². The third-order valence-corrected chi connectivity index (χ3v) is 2.85. The molecule has 1 rings (SSSR count). The minimum Gasteiger partial charge on any atom is -0.508 e. The van der Waals surface area contributed by atoms with E-state index in [4.69, 9.17) is 5.11 Å². The van der Waals surface area contributed by atoms with Gasteiger partial charge in [0.15, 0.2) is 0 Å². The maximum absolute atomic E-state index is 11.4. The fourth-order valence-electron chi connectivity index (χ4n) is 1.66. The number of nitrogens with zero attached hydrogens (tertiary/aromatic N) is 1. The minimum absolute atomic E-state index is 0.129. The molecule has 0 spiro atoms. The van der Waals surface area contributed by atoms with Crippen LogP contribution in [0.25, 0.3) is 0 Å². The minimum atomic E-state index is -1.02. The van der Waals surface area contributed by atoms with E-state index < -0.39 is 11.9 Å². The molecule has 1 unspecified atom stereocenters. The van der Waals surface area contributed by atoms with Gasteiger partial charge < -0.3 is 10.2 Å². The number of carboxylic acid groups (broad SMARTS) is 1. The molecule has 0 radical (unpaired) electrons. The molecule has 0 saturated heterocycles. The number of phenols is 1. The number of carboxylic acids is 1. The van der Waals surface area contributed by atoms with Gasteiger partial charge in [-0.2, -0.15) is 0 Å². The molecule has 1 aromatic carbocycles. The molecular weight excluding hydrogens is 258 g/mol. The fraction of sp³-hybridized carbons (Fsp3) is 0.400. The van der Waals surface area contributed by atoms with E-state index in [0.29, 0.717) is 6.42 Å². The summed E-state index contributed by atoms with van der Waals surface area (Å²) in [7, 11) is 0. The highest BCUT2D eigenvalue weighted by Gasteiger charge is 2.16. The normalized spacial score (nSPS) is 12.4. The van der Waals surface area contributed by atoms with Gasteiger partial charge in [0, 0.05) is 12.6 Å². The number of carbonyl (C=O) groups is 2. The number of rotatable bonds is 7. The molecular formula is C15H19NO4. The molecule has 0 heterocycles. The van der Waals surface area contributed by atoms with Gasteiger partial charge in [-0.3, -0.25) is 9.59 Å². The second kappa shape index (κ2) is 8.09. The summed E-state index contributed by atoms with van der Waals surface area (Å²) in [5, 5.41) is 18.3. The van der Waals surface area contributed by atoms with Crippen LogP contribution in [-0.2, 0) is 16.0 Å². The van der Waals surface area contributed by atoms with Crippen LogP contribution in [0.2, 0.25) is 0 Å². The Morgan fingerprint density at radius 1 is 1.30 bits per heavy atom. The molecule has 0 aliphatic heterocycles. The molecule has 5 nitrogen and oxygen atoms in total. The van der Waals surface area contributed by atoms with Gasteiger partial charge in [0.2, 0.25) is 5.91 Å². The number of aliphatic carboxylic acids is 1. The molecule has 1 aromatic rings. The highest BCUT2D eigenvalue weighted by Crippen LogP contribution is 2.13. The van der Waals surface area contributed by atoms with E-state index in [1.54, 1.807) is 12.1 Å². The first-order chi connectivity index (χ1) is 9.52. The van der Waals surface area contributed by atoms with Crippen molar-refractivity contribution >= 4 is 18.1 Å². The number of carbonyl (C=O) groups excluding carboxylic acids is 1. The lowest BCUT2D eigenvalue weighted by molar-refractivity contribution is -0.139. The van der Waals surface area contributed by atoms with Crippen LogP contribution < -0.4 is 0 Å². The third kappa shape index (κ3) is 5.65. The van der Waals surface area contributed by atoms with Crippen LogP contribution in [0.15, 0.2) is 29.3 Å². The molecule has 1 atom stereocenters. The summed E-state index contributed by atoms with van der Waals surface area (Å²) in [6.07, 6.45) is 3.44. The lowest BCUT2D eigenvalue weighted by Crippen LogP contribution is -2.18. The van der Waals surface area contributed by atoms with Crippen molar-refractivity contribution in [3.8, 4) is 5.75 Å². The van der Waals surface area contributed by atoms with E-state index in [2.05, 4.69) is 4.99 Å². The first-order valence-electron chi connectivity index (χ1n) is 6.60. The van der Waals surface area contributed by atoms with E-state index in [0.717, 1.165) is 18.4 Å². The highest BCUT2D eigenvalue weighted by atomic mass is 16.4. The predicted molar refractivity (Wildman–Crippen MR) is 76.0 cm³/mol. The van der Waals surface area contributed by atoms with Crippen LogP contribution in [0.4, 0.5) is 0 Å². The number of hydrogen-bond acceptors (Lipinski definition) is 3. The van der Waals surface area contributed by atoms with Crippen LogP contribution in [0, 0.1) is 5.92 Å². The van der Waals surface area contributed by atoms with Crippen LogP contribution >= 0.6 is 0 Å². The first-order valence-corrected chi connectivity index (χ1v) is 6.60. The van der Waals surface area contributed by atoms with Crippen molar-refractivity contribution in [2.24, 2.45) is 10.9 Å². The van der Waals surface area contributed by atoms with Gasteiger partial charge in [0.05, 0.1) is 5.92 Å². The molecule has 0 saturated carbocycles. The molecule has 20 heavy (non-hydrogen) atoms. The largest absolute Gasteiger partial charge is 0.508 e. The molecule has 0 bridgehead atoms. The molecule has 0 aromatic heterocycles. The van der Waals surface area contributed by atoms with Gasteiger partial charge in [-0.15, -0.1) is 0 Å². The van der Waals surface area contributed by atoms with E-state index in [1.807, 2.05) is 6.92 Å². The van der Waals surface area contributed by atoms with E-state index >= 15 is 0 Å². The van der Waals surface area contributed by atoms with Crippen LogP contribution in [0.1, 0.15) is 31.7 Å². The maximum atomic E-state index is 11.4. The molecule has 5 heteroatoms. The predicted octanol–water partition coefficient (Wildman–Crippen LogP) is 2.42. The van der Waals surface area contributed by atoms with Crippen molar-refractivity contribution < 1.29 is 19.8 Å². The van der Waals surface area contributed by atoms with E-state index in [-0.39, 0.29) is 18.1 Å². The zero-order valence-electron chi connectivity index (χ0n) is 11.5. The number of aliphatic imine (C=N–C) groups is 1. The van der Waals surface area contributed by atoms with Crippen molar-refractivity contribution in [2.45, 2.75) is 32.6 Å². The number of benzene rings is 1.